The van der Waals surface area contributed by atoms with Crippen LogP contribution in [0.2, 0.25) is 0 Å². The number of anilines is 1. The summed E-state index contributed by atoms with van der Waals surface area (Å²) < 4.78 is 27.0. The monoisotopic (exact) mass is 340 g/mol. The maximum atomic E-state index is 13.9. The Hall–Kier alpha value is -2.94. The maximum Gasteiger partial charge on any atom is 0.207 e. The fraction of sp³-hybridized carbons (Fsp3) is 0.263. The van der Waals surface area contributed by atoms with Gasteiger partial charge in [-0.3, -0.25) is 0 Å². The molecule has 0 spiro atoms. The molecule has 0 atom stereocenters. The van der Waals surface area contributed by atoms with E-state index in [1.165, 1.54) is 18.2 Å². The predicted molar refractivity (Wildman–Crippen MR) is 93.3 cm³/mol. The van der Waals surface area contributed by atoms with Crippen LogP contribution in [0.3, 0.4) is 0 Å². The van der Waals surface area contributed by atoms with Crippen molar-refractivity contribution in [3.63, 3.8) is 0 Å². The number of aliphatic imine (C=N–C) groups is 1. The first-order chi connectivity index (χ1) is 12.2. The zero-order chi connectivity index (χ0) is 17.6. The van der Waals surface area contributed by atoms with Gasteiger partial charge in [-0.1, -0.05) is 24.3 Å². The molecular formula is C19H18F2N4. The van der Waals surface area contributed by atoms with Crippen molar-refractivity contribution in [3.05, 3.63) is 65.7 Å². The van der Waals surface area contributed by atoms with Gasteiger partial charge in [-0.15, -0.1) is 0 Å². The lowest BCUT2D eigenvalue weighted by Gasteiger charge is -2.37. The van der Waals surface area contributed by atoms with Crippen LogP contribution in [-0.2, 0) is 6.42 Å². The third kappa shape index (κ3) is 4.13. The molecule has 128 valence electrons. The van der Waals surface area contributed by atoms with Crippen LogP contribution in [0.25, 0.3) is 0 Å². The SMILES string of the molecule is N#CN=C(Cc1ccc(F)cc1)N1CCN(c2ccccc2F)CC1. The molecule has 6 heteroatoms. The van der Waals surface area contributed by atoms with Crippen LogP contribution >= 0.6 is 0 Å². The third-order valence-electron chi connectivity index (χ3n) is 4.29. The normalized spacial score (nSPS) is 15.2. The van der Waals surface area contributed by atoms with E-state index >= 15 is 0 Å². The highest BCUT2D eigenvalue weighted by Gasteiger charge is 2.21. The molecule has 2 aromatic rings. The number of para-hydroxylation sites is 1. The van der Waals surface area contributed by atoms with Gasteiger partial charge in [0.25, 0.3) is 0 Å². The molecule has 3 rings (SSSR count). The number of nitrogens with zero attached hydrogens (tertiary/aromatic N) is 4. The Balaban J connectivity index is 1.67. The molecular weight excluding hydrogens is 322 g/mol. The summed E-state index contributed by atoms with van der Waals surface area (Å²) in [5.41, 5.74) is 1.49. The van der Waals surface area contributed by atoms with Crippen molar-refractivity contribution in [2.24, 2.45) is 4.99 Å². The topological polar surface area (TPSA) is 42.6 Å². The fourth-order valence-electron chi connectivity index (χ4n) is 2.98. The van der Waals surface area contributed by atoms with E-state index in [-0.39, 0.29) is 11.6 Å². The van der Waals surface area contributed by atoms with Crippen LogP contribution in [0.4, 0.5) is 14.5 Å². The average Bonchev–Trinajstić information content (AvgIpc) is 2.64. The third-order valence-corrected chi connectivity index (χ3v) is 4.29. The summed E-state index contributed by atoms with van der Waals surface area (Å²) in [4.78, 5) is 7.97. The quantitative estimate of drug-likeness (QED) is 0.489. The predicted octanol–water partition coefficient (Wildman–Crippen LogP) is 3.21. The van der Waals surface area contributed by atoms with Crippen LogP contribution in [0.5, 0.6) is 0 Å². The molecule has 0 aromatic heterocycles. The molecule has 0 saturated carbocycles. The molecule has 1 fully saturated rings. The molecule has 0 bridgehead atoms. The summed E-state index contributed by atoms with van der Waals surface area (Å²) in [6.07, 6.45) is 2.31. The zero-order valence-corrected chi connectivity index (χ0v) is 13.7. The van der Waals surface area contributed by atoms with Crippen molar-refractivity contribution >= 4 is 11.5 Å². The Morgan fingerprint density at radius 1 is 1.00 bits per heavy atom. The van der Waals surface area contributed by atoms with Gasteiger partial charge in [-0.05, 0) is 29.8 Å². The Morgan fingerprint density at radius 3 is 2.32 bits per heavy atom. The van der Waals surface area contributed by atoms with Crippen molar-refractivity contribution in [3.8, 4) is 6.19 Å². The summed E-state index contributed by atoms with van der Waals surface area (Å²) >= 11 is 0. The molecule has 0 amide bonds. The van der Waals surface area contributed by atoms with E-state index in [4.69, 9.17) is 5.26 Å². The van der Waals surface area contributed by atoms with Gasteiger partial charge in [0.1, 0.15) is 17.5 Å². The molecule has 1 saturated heterocycles. The van der Waals surface area contributed by atoms with E-state index in [1.807, 2.05) is 22.1 Å². The molecule has 0 radical (unpaired) electrons. The van der Waals surface area contributed by atoms with E-state index in [0.717, 1.165) is 5.56 Å². The van der Waals surface area contributed by atoms with E-state index in [0.29, 0.717) is 44.1 Å². The van der Waals surface area contributed by atoms with E-state index < -0.39 is 0 Å². The van der Waals surface area contributed by atoms with Gasteiger partial charge in [0.15, 0.2) is 0 Å². The number of amidine groups is 1. The Morgan fingerprint density at radius 2 is 1.68 bits per heavy atom. The van der Waals surface area contributed by atoms with Crippen molar-refractivity contribution < 1.29 is 8.78 Å². The molecule has 1 aliphatic rings. The minimum Gasteiger partial charge on any atom is -0.366 e. The standard InChI is InChI=1S/C19H18F2N4/c20-16-7-5-15(6-8-16)13-19(23-14-22)25-11-9-24(10-12-25)18-4-2-1-3-17(18)21/h1-8H,9-13H2. The minimum atomic E-state index is -0.291. The van der Waals surface area contributed by atoms with Crippen LogP contribution in [0, 0.1) is 23.1 Å². The molecule has 1 heterocycles. The molecule has 0 N–H and O–H groups in total. The summed E-state index contributed by atoms with van der Waals surface area (Å²) in [7, 11) is 0. The van der Waals surface area contributed by atoms with Crippen LogP contribution in [-0.4, -0.2) is 36.9 Å². The van der Waals surface area contributed by atoms with Crippen molar-refractivity contribution in [1.82, 2.24) is 4.90 Å². The second-order valence-electron chi connectivity index (χ2n) is 5.86. The summed E-state index contributed by atoms with van der Waals surface area (Å²) in [6, 6.07) is 12.9. The molecule has 1 aliphatic heterocycles. The first-order valence-electron chi connectivity index (χ1n) is 8.12. The summed E-state index contributed by atoms with van der Waals surface area (Å²) in [5.74, 6) is 0.136. The molecule has 25 heavy (non-hydrogen) atoms. The van der Waals surface area contributed by atoms with E-state index in [1.54, 1.807) is 24.3 Å². The smallest absolute Gasteiger partial charge is 0.207 e. The van der Waals surface area contributed by atoms with Crippen molar-refractivity contribution in [2.75, 3.05) is 31.1 Å². The Labute approximate surface area is 145 Å². The van der Waals surface area contributed by atoms with Gasteiger partial charge in [0.2, 0.25) is 6.19 Å². The second kappa shape index (κ2) is 7.75. The first-order valence-corrected chi connectivity index (χ1v) is 8.12. The highest BCUT2D eigenvalue weighted by Crippen LogP contribution is 2.20. The van der Waals surface area contributed by atoms with Crippen molar-refractivity contribution in [2.45, 2.75) is 6.42 Å². The molecule has 0 aliphatic carbocycles. The maximum absolute atomic E-state index is 13.9. The average molecular weight is 340 g/mol. The number of nitriles is 1. The van der Waals surface area contributed by atoms with Gasteiger partial charge in [0, 0.05) is 32.6 Å². The zero-order valence-electron chi connectivity index (χ0n) is 13.7. The molecule has 4 nitrogen and oxygen atoms in total. The number of hydrogen-bond acceptors (Lipinski definition) is 3. The van der Waals surface area contributed by atoms with Crippen LogP contribution in [0.15, 0.2) is 53.5 Å². The summed E-state index contributed by atoms with van der Waals surface area (Å²) in [5, 5.41) is 8.97. The Bertz CT molecular complexity index is 788. The summed E-state index contributed by atoms with van der Waals surface area (Å²) in [6.45, 7) is 2.59. The number of piperazine rings is 1. The number of benzene rings is 2. The second-order valence-corrected chi connectivity index (χ2v) is 5.86. The van der Waals surface area contributed by atoms with E-state index in [9.17, 15) is 8.78 Å². The highest BCUT2D eigenvalue weighted by atomic mass is 19.1. The lowest BCUT2D eigenvalue weighted by Crippen LogP contribution is -2.49. The first kappa shape index (κ1) is 16.9. The largest absolute Gasteiger partial charge is 0.366 e. The number of halogens is 2. The van der Waals surface area contributed by atoms with Gasteiger partial charge in [0.05, 0.1) is 5.69 Å². The molecule has 0 unspecified atom stereocenters. The highest BCUT2D eigenvalue weighted by molar-refractivity contribution is 5.85. The van der Waals surface area contributed by atoms with E-state index in [2.05, 4.69) is 4.99 Å². The molecule has 2 aromatic carbocycles. The minimum absolute atomic E-state index is 0.229. The van der Waals surface area contributed by atoms with Gasteiger partial charge in [-0.25, -0.2) is 8.78 Å². The van der Waals surface area contributed by atoms with Gasteiger partial charge in [-0.2, -0.15) is 10.3 Å². The lowest BCUT2D eigenvalue weighted by molar-refractivity contribution is 0.379. The Kier molecular flexibility index (Phi) is 5.24. The fourth-order valence-corrected chi connectivity index (χ4v) is 2.98. The van der Waals surface area contributed by atoms with Gasteiger partial charge >= 0.3 is 0 Å². The lowest BCUT2D eigenvalue weighted by atomic mass is 10.1. The van der Waals surface area contributed by atoms with Crippen molar-refractivity contribution in [1.29, 1.82) is 5.26 Å². The van der Waals surface area contributed by atoms with Gasteiger partial charge < -0.3 is 9.80 Å². The van der Waals surface area contributed by atoms with Crippen LogP contribution in [0.1, 0.15) is 5.56 Å². The number of hydrogen-bond donors (Lipinski definition) is 0. The van der Waals surface area contributed by atoms with Crippen LogP contribution < -0.4 is 4.90 Å². The number of rotatable bonds is 3.